The van der Waals surface area contributed by atoms with E-state index in [4.69, 9.17) is 0 Å². The molecular formula is C14H14N2O. The molecule has 3 heteroatoms. The molecule has 1 aliphatic rings. The van der Waals surface area contributed by atoms with Gasteiger partial charge < -0.3 is 5.32 Å². The monoisotopic (exact) mass is 226 g/mol. The fraction of sp³-hybridized carbons (Fsp3) is 0.286. The minimum Gasteiger partial charge on any atom is -0.320 e. The molecule has 1 N–H and O–H groups in total. The molecule has 0 unspecified atom stereocenters. The van der Waals surface area contributed by atoms with Gasteiger partial charge in [0.2, 0.25) is 0 Å². The molecule has 0 atom stereocenters. The Labute approximate surface area is 99.9 Å². The Bertz CT molecular complexity index is 638. The zero-order chi connectivity index (χ0) is 12.2. The maximum absolute atomic E-state index is 11.7. The van der Waals surface area contributed by atoms with E-state index in [0.717, 1.165) is 16.5 Å². The maximum Gasteiger partial charge on any atom is 0.274 e. The molecule has 2 aromatic rings. The lowest BCUT2D eigenvalue weighted by molar-refractivity contribution is 0.102. The normalized spacial score (nSPS) is 14.2. The van der Waals surface area contributed by atoms with Crippen LogP contribution < -0.4 is 5.32 Å². The second kappa shape index (κ2) is 3.06. The number of nitrogens with one attached hydrogen (secondary N) is 1. The molecule has 0 aliphatic carbocycles. The number of carbonyl (C=O) groups excluding carboxylic acids is 1. The Morgan fingerprint density at radius 2 is 1.94 bits per heavy atom. The lowest BCUT2D eigenvalue weighted by Gasteiger charge is -2.21. The van der Waals surface area contributed by atoms with Crippen LogP contribution in [0, 0.1) is 0 Å². The summed E-state index contributed by atoms with van der Waals surface area (Å²) in [6.45, 7) is 6.53. The number of hydrogen-bond donors (Lipinski definition) is 1. The quantitative estimate of drug-likeness (QED) is 0.750. The van der Waals surface area contributed by atoms with Crippen molar-refractivity contribution in [3.63, 3.8) is 0 Å². The third kappa shape index (κ3) is 1.35. The largest absolute Gasteiger partial charge is 0.320 e. The molecule has 0 spiro atoms. The first kappa shape index (κ1) is 10.3. The Kier molecular flexibility index (Phi) is 1.85. The van der Waals surface area contributed by atoms with Crippen LogP contribution in [-0.2, 0) is 5.41 Å². The standard InChI is InChI=1S/C14H14N2O/c1-14(2,3)9-4-5-10-11-8(9)6-7-15-12(11)13(17)16-10/h4-7H,1-3H3,(H,16,17). The Morgan fingerprint density at radius 1 is 1.18 bits per heavy atom. The number of anilines is 1. The number of hydrogen-bond acceptors (Lipinski definition) is 2. The molecule has 1 aromatic heterocycles. The Hall–Kier alpha value is -1.90. The van der Waals surface area contributed by atoms with Crippen LogP contribution in [0.4, 0.5) is 5.69 Å². The van der Waals surface area contributed by atoms with Crippen LogP contribution in [0.2, 0.25) is 0 Å². The molecule has 0 fully saturated rings. The highest BCUT2D eigenvalue weighted by Crippen LogP contribution is 2.37. The van der Waals surface area contributed by atoms with Crippen LogP contribution in [0.1, 0.15) is 36.8 Å². The second-order valence-corrected chi connectivity index (χ2v) is 5.45. The molecule has 17 heavy (non-hydrogen) atoms. The van der Waals surface area contributed by atoms with Gasteiger partial charge in [0, 0.05) is 11.6 Å². The third-order valence-corrected chi connectivity index (χ3v) is 3.20. The van der Waals surface area contributed by atoms with Gasteiger partial charge in [0.15, 0.2) is 0 Å². The highest BCUT2D eigenvalue weighted by atomic mass is 16.2. The summed E-state index contributed by atoms with van der Waals surface area (Å²) >= 11 is 0. The minimum absolute atomic E-state index is 0.0583. The molecule has 1 amide bonds. The average Bonchev–Trinajstić information content (AvgIpc) is 2.57. The van der Waals surface area contributed by atoms with Crippen LogP contribution in [0.3, 0.4) is 0 Å². The van der Waals surface area contributed by atoms with E-state index in [0.29, 0.717) is 5.69 Å². The maximum atomic E-state index is 11.7. The summed E-state index contributed by atoms with van der Waals surface area (Å²) in [6, 6.07) is 6.05. The molecule has 3 rings (SSSR count). The lowest BCUT2D eigenvalue weighted by atomic mass is 9.83. The first-order chi connectivity index (χ1) is 7.98. The van der Waals surface area contributed by atoms with E-state index >= 15 is 0 Å². The summed E-state index contributed by atoms with van der Waals surface area (Å²) in [7, 11) is 0. The minimum atomic E-state index is -0.100. The van der Waals surface area contributed by atoms with E-state index in [1.165, 1.54) is 5.56 Å². The molecule has 0 saturated carbocycles. The Morgan fingerprint density at radius 3 is 2.65 bits per heavy atom. The van der Waals surface area contributed by atoms with Crippen LogP contribution >= 0.6 is 0 Å². The molecule has 0 bridgehead atoms. The van der Waals surface area contributed by atoms with Gasteiger partial charge in [-0.25, -0.2) is 0 Å². The van der Waals surface area contributed by atoms with Crippen molar-refractivity contribution in [2.24, 2.45) is 0 Å². The van der Waals surface area contributed by atoms with Crippen molar-refractivity contribution in [3.8, 4) is 0 Å². The molecule has 86 valence electrons. The number of pyridine rings is 1. The van der Waals surface area contributed by atoms with Gasteiger partial charge in [-0.2, -0.15) is 0 Å². The van der Waals surface area contributed by atoms with E-state index in [2.05, 4.69) is 37.1 Å². The van der Waals surface area contributed by atoms with Crippen molar-refractivity contribution in [2.75, 3.05) is 5.32 Å². The van der Waals surface area contributed by atoms with Crippen LogP contribution in [-0.4, -0.2) is 10.9 Å². The SMILES string of the molecule is CC(C)(C)c1ccc2c3c(nccc13)C(=O)N2. The van der Waals surface area contributed by atoms with Crippen LogP contribution in [0.5, 0.6) is 0 Å². The number of amides is 1. The number of nitrogens with zero attached hydrogens (tertiary/aromatic N) is 1. The average molecular weight is 226 g/mol. The topological polar surface area (TPSA) is 42.0 Å². The van der Waals surface area contributed by atoms with Gasteiger partial charge in [0.25, 0.3) is 5.91 Å². The number of benzene rings is 1. The first-order valence-corrected chi connectivity index (χ1v) is 5.72. The van der Waals surface area contributed by atoms with E-state index < -0.39 is 0 Å². The highest BCUT2D eigenvalue weighted by molar-refractivity contribution is 6.23. The molecule has 3 nitrogen and oxygen atoms in total. The third-order valence-electron chi connectivity index (χ3n) is 3.20. The van der Waals surface area contributed by atoms with Gasteiger partial charge in [-0.3, -0.25) is 9.78 Å². The highest BCUT2D eigenvalue weighted by Gasteiger charge is 2.26. The van der Waals surface area contributed by atoms with Crippen molar-refractivity contribution in [1.29, 1.82) is 0 Å². The summed E-state index contributed by atoms with van der Waals surface area (Å²) in [5.41, 5.74) is 2.73. The number of rotatable bonds is 0. The zero-order valence-corrected chi connectivity index (χ0v) is 10.2. The summed E-state index contributed by atoms with van der Waals surface area (Å²) in [5, 5.41) is 4.93. The fourth-order valence-electron chi connectivity index (χ4n) is 2.41. The van der Waals surface area contributed by atoms with Crippen LogP contribution in [0.25, 0.3) is 10.8 Å². The van der Waals surface area contributed by atoms with Crippen molar-refractivity contribution in [2.45, 2.75) is 26.2 Å². The van der Waals surface area contributed by atoms with Gasteiger partial charge in [0.1, 0.15) is 5.69 Å². The van der Waals surface area contributed by atoms with E-state index in [-0.39, 0.29) is 11.3 Å². The molecule has 1 aliphatic heterocycles. The van der Waals surface area contributed by atoms with Gasteiger partial charge >= 0.3 is 0 Å². The summed E-state index contributed by atoms with van der Waals surface area (Å²) in [4.78, 5) is 15.9. The number of aromatic nitrogens is 1. The van der Waals surface area contributed by atoms with Gasteiger partial charge in [-0.1, -0.05) is 26.8 Å². The van der Waals surface area contributed by atoms with Gasteiger partial charge in [-0.15, -0.1) is 0 Å². The summed E-state index contributed by atoms with van der Waals surface area (Å²) in [6.07, 6.45) is 1.71. The van der Waals surface area contributed by atoms with Crippen molar-refractivity contribution in [1.82, 2.24) is 4.98 Å². The molecule has 1 aromatic carbocycles. The predicted octanol–water partition coefficient (Wildman–Crippen LogP) is 3.10. The van der Waals surface area contributed by atoms with Crippen LogP contribution in [0.15, 0.2) is 24.4 Å². The van der Waals surface area contributed by atoms with Crippen molar-refractivity contribution in [3.05, 3.63) is 35.7 Å². The molecule has 0 radical (unpaired) electrons. The van der Waals surface area contributed by atoms with E-state index in [9.17, 15) is 4.79 Å². The van der Waals surface area contributed by atoms with Crippen molar-refractivity contribution < 1.29 is 4.79 Å². The van der Waals surface area contributed by atoms with Crippen molar-refractivity contribution >= 4 is 22.4 Å². The summed E-state index contributed by atoms with van der Waals surface area (Å²) in [5.74, 6) is -0.100. The number of carbonyl (C=O) groups is 1. The summed E-state index contributed by atoms with van der Waals surface area (Å²) < 4.78 is 0. The molecular weight excluding hydrogens is 212 g/mol. The second-order valence-electron chi connectivity index (χ2n) is 5.45. The fourth-order valence-corrected chi connectivity index (χ4v) is 2.41. The van der Waals surface area contributed by atoms with Gasteiger partial charge in [-0.05, 0) is 28.5 Å². The lowest BCUT2D eigenvalue weighted by Crippen LogP contribution is -2.11. The van der Waals surface area contributed by atoms with E-state index in [1.54, 1.807) is 6.20 Å². The first-order valence-electron chi connectivity index (χ1n) is 5.72. The van der Waals surface area contributed by atoms with Gasteiger partial charge in [0.05, 0.1) is 5.69 Å². The smallest absolute Gasteiger partial charge is 0.274 e. The molecule has 0 saturated heterocycles. The zero-order valence-electron chi connectivity index (χ0n) is 10.2. The predicted molar refractivity (Wildman–Crippen MR) is 68.4 cm³/mol. The molecule has 2 heterocycles. The van der Waals surface area contributed by atoms with E-state index in [1.807, 2.05) is 12.1 Å². The Balaban J connectivity index is 2.45.